The average Bonchev–Trinajstić information content (AvgIpc) is 3.10. The van der Waals surface area contributed by atoms with E-state index in [1.54, 1.807) is 5.57 Å². The molecule has 2 rings (SSSR count). The van der Waals surface area contributed by atoms with Crippen molar-refractivity contribution in [2.24, 2.45) is 4.99 Å². The van der Waals surface area contributed by atoms with Gasteiger partial charge in [-0.15, -0.1) is 24.0 Å². The molecule has 0 bridgehead atoms. The Bertz CT molecular complexity index is 517. The molecule has 24 heavy (non-hydrogen) atoms. The van der Waals surface area contributed by atoms with Gasteiger partial charge in [-0.05, 0) is 38.2 Å². The fourth-order valence-corrected chi connectivity index (χ4v) is 2.84. The van der Waals surface area contributed by atoms with Crippen molar-refractivity contribution < 1.29 is 5.11 Å². The van der Waals surface area contributed by atoms with E-state index in [2.05, 4.69) is 28.6 Å². The number of allylic oxidation sites excluding steroid dienone is 1. The van der Waals surface area contributed by atoms with Crippen LogP contribution in [0.15, 0.2) is 47.0 Å². The van der Waals surface area contributed by atoms with Crippen LogP contribution in [0.2, 0.25) is 0 Å². The Morgan fingerprint density at radius 3 is 2.67 bits per heavy atom. The lowest BCUT2D eigenvalue weighted by molar-refractivity contribution is 0.268. The number of guanidine groups is 1. The minimum Gasteiger partial charge on any atom is -0.396 e. The fraction of sp³-hybridized carbons (Fsp3) is 0.526. The van der Waals surface area contributed by atoms with E-state index in [0.29, 0.717) is 6.54 Å². The second kappa shape index (κ2) is 12.3. The summed E-state index contributed by atoms with van der Waals surface area (Å²) in [5.41, 5.74) is 2.69. The maximum Gasteiger partial charge on any atom is 0.191 e. The molecule has 0 amide bonds. The minimum atomic E-state index is 0. The Morgan fingerprint density at radius 2 is 2.04 bits per heavy atom. The van der Waals surface area contributed by atoms with E-state index in [-0.39, 0.29) is 36.5 Å². The fourth-order valence-electron chi connectivity index (χ4n) is 2.84. The van der Waals surface area contributed by atoms with Crippen molar-refractivity contribution in [3.05, 3.63) is 47.5 Å². The lowest BCUT2D eigenvalue weighted by Crippen LogP contribution is -2.38. The highest BCUT2D eigenvalue weighted by molar-refractivity contribution is 14.0. The van der Waals surface area contributed by atoms with Crippen LogP contribution >= 0.6 is 24.0 Å². The third-order valence-electron chi connectivity index (χ3n) is 4.18. The lowest BCUT2D eigenvalue weighted by Gasteiger charge is -2.15. The number of nitrogens with zero attached hydrogens (tertiary/aromatic N) is 1. The molecule has 1 aliphatic carbocycles. The highest BCUT2D eigenvalue weighted by Crippen LogP contribution is 2.19. The molecule has 1 aromatic carbocycles. The van der Waals surface area contributed by atoms with Crippen LogP contribution in [-0.2, 0) is 0 Å². The van der Waals surface area contributed by atoms with Gasteiger partial charge in [0.1, 0.15) is 0 Å². The van der Waals surface area contributed by atoms with Crippen molar-refractivity contribution in [1.82, 2.24) is 10.6 Å². The number of aliphatic imine (C=N–C) groups is 1. The van der Waals surface area contributed by atoms with Gasteiger partial charge < -0.3 is 15.7 Å². The summed E-state index contributed by atoms with van der Waals surface area (Å²) in [6, 6.07) is 10.1. The van der Waals surface area contributed by atoms with Crippen LogP contribution in [0, 0.1) is 0 Å². The van der Waals surface area contributed by atoms with Crippen molar-refractivity contribution in [3.8, 4) is 0 Å². The summed E-state index contributed by atoms with van der Waals surface area (Å²) in [4.78, 5) is 4.64. The molecule has 0 aliphatic heterocycles. The Hall–Kier alpha value is -1.08. The number of rotatable bonds is 8. The Labute approximate surface area is 162 Å². The highest BCUT2D eigenvalue weighted by Gasteiger charge is 2.10. The molecule has 0 saturated carbocycles. The van der Waals surface area contributed by atoms with E-state index in [4.69, 9.17) is 0 Å². The maximum absolute atomic E-state index is 9.62. The smallest absolute Gasteiger partial charge is 0.191 e. The number of nitrogens with one attached hydrogen (secondary N) is 2. The third-order valence-corrected chi connectivity index (χ3v) is 4.18. The molecule has 0 fully saturated rings. The van der Waals surface area contributed by atoms with E-state index in [1.807, 2.05) is 30.3 Å². The predicted molar refractivity (Wildman–Crippen MR) is 112 cm³/mol. The largest absolute Gasteiger partial charge is 0.396 e. The predicted octanol–water partition coefficient (Wildman–Crippen LogP) is 3.44. The molecule has 1 unspecified atom stereocenters. The molecule has 134 valence electrons. The Balaban J connectivity index is 0.00000288. The van der Waals surface area contributed by atoms with Gasteiger partial charge in [-0.25, -0.2) is 0 Å². The molecule has 3 N–H and O–H groups in total. The van der Waals surface area contributed by atoms with Gasteiger partial charge in [-0.2, -0.15) is 0 Å². The SMILES string of the molecule is CCNC(=NCC(CO)c1ccccc1)NCCC1=CCCC1.I. The molecule has 1 aliphatic rings. The van der Waals surface area contributed by atoms with Crippen LogP contribution in [0.4, 0.5) is 0 Å². The van der Waals surface area contributed by atoms with Gasteiger partial charge in [0, 0.05) is 19.0 Å². The van der Waals surface area contributed by atoms with Gasteiger partial charge in [0.2, 0.25) is 0 Å². The third kappa shape index (κ3) is 7.21. The lowest BCUT2D eigenvalue weighted by atomic mass is 10.0. The normalized spacial score (nSPS) is 15.4. The first-order valence-electron chi connectivity index (χ1n) is 8.69. The zero-order valence-corrected chi connectivity index (χ0v) is 16.8. The van der Waals surface area contributed by atoms with Crippen LogP contribution in [0.3, 0.4) is 0 Å². The molecule has 0 heterocycles. The quantitative estimate of drug-likeness (QED) is 0.250. The van der Waals surface area contributed by atoms with E-state index in [0.717, 1.165) is 31.0 Å². The van der Waals surface area contributed by atoms with Gasteiger partial charge in [-0.1, -0.05) is 42.0 Å². The van der Waals surface area contributed by atoms with Crippen LogP contribution < -0.4 is 10.6 Å². The van der Waals surface area contributed by atoms with Crippen LogP contribution in [0.25, 0.3) is 0 Å². The standard InChI is InChI=1S/C19H29N3O.HI/c1-2-20-19(21-13-12-16-8-6-7-9-16)22-14-18(15-23)17-10-4-3-5-11-17;/h3-5,8,10-11,18,23H,2,6-7,9,12-15H2,1H3,(H2,20,21,22);1H. The minimum absolute atomic E-state index is 0. The van der Waals surface area contributed by atoms with Gasteiger partial charge >= 0.3 is 0 Å². The summed E-state index contributed by atoms with van der Waals surface area (Å²) in [6.45, 7) is 4.51. The molecule has 5 heteroatoms. The van der Waals surface area contributed by atoms with Crippen molar-refractivity contribution in [2.45, 2.75) is 38.5 Å². The van der Waals surface area contributed by atoms with E-state index in [1.165, 1.54) is 19.3 Å². The van der Waals surface area contributed by atoms with Crippen LogP contribution in [0.1, 0.15) is 44.1 Å². The molecule has 0 aromatic heterocycles. The molecule has 1 atom stereocenters. The number of benzene rings is 1. The first-order valence-corrected chi connectivity index (χ1v) is 8.69. The average molecular weight is 443 g/mol. The summed E-state index contributed by atoms with van der Waals surface area (Å²) in [6.07, 6.45) is 7.24. The summed E-state index contributed by atoms with van der Waals surface area (Å²) in [5, 5.41) is 16.3. The molecule has 1 aromatic rings. The molecule has 0 radical (unpaired) electrons. The second-order valence-corrected chi connectivity index (χ2v) is 5.94. The molecule has 0 saturated heterocycles. The molecule has 4 nitrogen and oxygen atoms in total. The van der Waals surface area contributed by atoms with E-state index < -0.39 is 0 Å². The Kier molecular flexibility index (Phi) is 10.7. The van der Waals surface area contributed by atoms with Crippen LogP contribution in [-0.4, -0.2) is 37.3 Å². The van der Waals surface area contributed by atoms with Gasteiger partial charge in [0.15, 0.2) is 5.96 Å². The van der Waals surface area contributed by atoms with E-state index in [9.17, 15) is 5.11 Å². The first-order chi connectivity index (χ1) is 11.3. The second-order valence-electron chi connectivity index (χ2n) is 5.94. The van der Waals surface area contributed by atoms with Gasteiger partial charge in [-0.3, -0.25) is 4.99 Å². The number of hydrogen-bond donors (Lipinski definition) is 3. The van der Waals surface area contributed by atoms with Gasteiger partial charge in [0.25, 0.3) is 0 Å². The number of aliphatic hydroxyl groups is 1. The molecule has 0 spiro atoms. The van der Waals surface area contributed by atoms with Gasteiger partial charge in [0.05, 0.1) is 13.2 Å². The topological polar surface area (TPSA) is 56.7 Å². The van der Waals surface area contributed by atoms with Crippen LogP contribution in [0.5, 0.6) is 0 Å². The maximum atomic E-state index is 9.62. The van der Waals surface area contributed by atoms with Crippen molar-refractivity contribution in [2.75, 3.05) is 26.2 Å². The summed E-state index contributed by atoms with van der Waals surface area (Å²) in [7, 11) is 0. The first kappa shape index (κ1) is 21.0. The summed E-state index contributed by atoms with van der Waals surface area (Å²) < 4.78 is 0. The monoisotopic (exact) mass is 443 g/mol. The van der Waals surface area contributed by atoms with Crippen molar-refractivity contribution in [1.29, 1.82) is 0 Å². The zero-order chi connectivity index (χ0) is 16.3. The summed E-state index contributed by atoms with van der Waals surface area (Å²) in [5.74, 6) is 0.879. The van der Waals surface area contributed by atoms with Crippen molar-refractivity contribution >= 4 is 29.9 Å². The van der Waals surface area contributed by atoms with Crippen molar-refractivity contribution in [3.63, 3.8) is 0 Å². The number of halogens is 1. The summed E-state index contributed by atoms with van der Waals surface area (Å²) >= 11 is 0. The molecular formula is C19H30IN3O. The van der Waals surface area contributed by atoms with E-state index >= 15 is 0 Å². The Morgan fingerprint density at radius 1 is 1.25 bits per heavy atom. The molecular weight excluding hydrogens is 413 g/mol. The number of aliphatic hydroxyl groups excluding tert-OH is 1. The highest BCUT2D eigenvalue weighted by atomic mass is 127. The zero-order valence-electron chi connectivity index (χ0n) is 14.5. The number of hydrogen-bond acceptors (Lipinski definition) is 2.